The number of aryl methyl sites for hydroxylation is 2. The zero-order valence-corrected chi connectivity index (χ0v) is 16.1. The monoisotopic (exact) mass is 363 g/mol. The van der Waals surface area contributed by atoms with Crippen LogP contribution in [0, 0.1) is 19.8 Å². The van der Waals surface area contributed by atoms with E-state index in [0.29, 0.717) is 56.1 Å². The van der Waals surface area contributed by atoms with E-state index < -0.39 is 0 Å². The predicted molar refractivity (Wildman–Crippen MR) is 97.7 cm³/mol. The highest BCUT2D eigenvalue weighted by Crippen LogP contribution is 2.20. The second-order valence-electron chi connectivity index (χ2n) is 6.68. The molecule has 0 aliphatic carbocycles. The van der Waals surface area contributed by atoms with Gasteiger partial charge in [0.05, 0.1) is 12.1 Å². The quantitative estimate of drug-likeness (QED) is 0.834. The van der Waals surface area contributed by atoms with E-state index in [9.17, 15) is 14.4 Å². The molecule has 0 radical (unpaired) electrons. The van der Waals surface area contributed by atoms with E-state index in [1.165, 1.54) is 0 Å². The van der Waals surface area contributed by atoms with Gasteiger partial charge in [0.1, 0.15) is 11.5 Å². The zero-order chi connectivity index (χ0) is 19.3. The van der Waals surface area contributed by atoms with Crippen LogP contribution in [0.2, 0.25) is 0 Å². The molecular weight excluding hydrogens is 334 g/mol. The maximum Gasteiger partial charge on any atom is 0.255 e. The SMILES string of the molecule is CCN(CC)C(=O)C1CCN(C(=O)CNC(=O)c2cc(C)oc2C)CC1. The molecule has 3 amide bonds. The maximum absolute atomic E-state index is 12.4. The van der Waals surface area contributed by atoms with Crippen LogP contribution in [0.1, 0.15) is 48.6 Å². The molecule has 1 aromatic heterocycles. The fourth-order valence-corrected chi connectivity index (χ4v) is 3.39. The van der Waals surface area contributed by atoms with E-state index in [-0.39, 0.29) is 30.2 Å². The fourth-order valence-electron chi connectivity index (χ4n) is 3.39. The number of hydrogen-bond donors (Lipinski definition) is 1. The molecule has 1 fully saturated rings. The van der Waals surface area contributed by atoms with Gasteiger partial charge in [-0.3, -0.25) is 14.4 Å². The first-order valence-corrected chi connectivity index (χ1v) is 9.29. The molecular formula is C19H29N3O4. The lowest BCUT2D eigenvalue weighted by Gasteiger charge is -2.33. The van der Waals surface area contributed by atoms with Gasteiger partial charge in [0.15, 0.2) is 0 Å². The number of carbonyl (C=O) groups excluding carboxylic acids is 3. The standard InChI is InChI=1S/C19H29N3O4/c1-5-21(6-2)19(25)15-7-9-22(10-8-15)17(23)12-20-18(24)16-11-13(3)26-14(16)4/h11,15H,5-10,12H2,1-4H3,(H,20,24). The predicted octanol–water partition coefficient (Wildman–Crippen LogP) is 1.73. The maximum atomic E-state index is 12.4. The number of rotatable bonds is 6. The van der Waals surface area contributed by atoms with E-state index >= 15 is 0 Å². The summed E-state index contributed by atoms with van der Waals surface area (Å²) in [5.74, 6) is 0.956. The summed E-state index contributed by atoms with van der Waals surface area (Å²) in [6.07, 6.45) is 1.35. The van der Waals surface area contributed by atoms with Gasteiger partial charge >= 0.3 is 0 Å². The van der Waals surface area contributed by atoms with Crippen molar-refractivity contribution < 1.29 is 18.8 Å². The normalized spacial score (nSPS) is 15.0. The summed E-state index contributed by atoms with van der Waals surface area (Å²) in [7, 11) is 0. The molecule has 0 atom stereocenters. The van der Waals surface area contributed by atoms with Gasteiger partial charge in [0.25, 0.3) is 5.91 Å². The summed E-state index contributed by atoms with van der Waals surface area (Å²) >= 11 is 0. The number of hydrogen-bond acceptors (Lipinski definition) is 4. The lowest BCUT2D eigenvalue weighted by molar-refractivity contribution is -0.140. The Labute approximate surface area is 154 Å². The summed E-state index contributed by atoms with van der Waals surface area (Å²) in [5.41, 5.74) is 0.457. The molecule has 0 aromatic carbocycles. The van der Waals surface area contributed by atoms with Crippen molar-refractivity contribution >= 4 is 17.7 Å². The van der Waals surface area contributed by atoms with Crippen LogP contribution in [0.4, 0.5) is 0 Å². The number of furan rings is 1. The lowest BCUT2D eigenvalue weighted by Crippen LogP contribution is -2.47. The first-order valence-electron chi connectivity index (χ1n) is 9.29. The van der Waals surface area contributed by atoms with Crippen LogP contribution in [0.3, 0.4) is 0 Å². The van der Waals surface area contributed by atoms with Crippen LogP contribution in [0.15, 0.2) is 10.5 Å². The van der Waals surface area contributed by atoms with Crippen LogP contribution in [0.5, 0.6) is 0 Å². The van der Waals surface area contributed by atoms with E-state index in [4.69, 9.17) is 4.42 Å². The van der Waals surface area contributed by atoms with Crippen molar-refractivity contribution in [3.8, 4) is 0 Å². The Kier molecular flexibility index (Phi) is 6.83. The molecule has 26 heavy (non-hydrogen) atoms. The van der Waals surface area contributed by atoms with Gasteiger partial charge in [-0.25, -0.2) is 0 Å². The Bertz CT molecular complexity index is 656. The molecule has 0 saturated carbocycles. The third-order valence-electron chi connectivity index (χ3n) is 4.96. The molecule has 0 spiro atoms. The minimum absolute atomic E-state index is 0.00917. The molecule has 1 aromatic rings. The van der Waals surface area contributed by atoms with Crippen LogP contribution in [-0.4, -0.2) is 60.2 Å². The van der Waals surface area contributed by atoms with Gasteiger partial charge < -0.3 is 19.5 Å². The Balaban J connectivity index is 1.80. The molecule has 7 heteroatoms. The second kappa shape index (κ2) is 8.87. The molecule has 0 bridgehead atoms. The molecule has 1 aliphatic heterocycles. The number of nitrogens with one attached hydrogen (secondary N) is 1. The molecule has 144 valence electrons. The summed E-state index contributed by atoms with van der Waals surface area (Å²) in [5, 5.41) is 2.66. The third kappa shape index (κ3) is 4.65. The van der Waals surface area contributed by atoms with E-state index in [0.717, 1.165) is 0 Å². The Morgan fingerprint density at radius 1 is 1.19 bits per heavy atom. The van der Waals surface area contributed by atoms with Gasteiger partial charge in [-0.05, 0) is 46.6 Å². The minimum Gasteiger partial charge on any atom is -0.466 e. The van der Waals surface area contributed by atoms with Gasteiger partial charge in [-0.1, -0.05) is 0 Å². The number of carbonyl (C=O) groups is 3. The first kappa shape index (κ1) is 20.0. The van der Waals surface area contributed by atoms with Crippen molar-refractivity contribution in [1.29, 1.82) is 0 Å². The van der Waals surface area contributed by atoms with E-state index in [1.54, 1.807) is 24.8 Å². The largest absolute Gasteiger partial charge is 0.466 e. The highest BCUT2D eigenvalue weighted by Gasteiger charge is 2.29. The summed E-state index contributed by atoms with van der Waals surface area (Å²) in [4.78, 5) is 40.5. The van der Waals surface area contributed by atoms with Crippen LogP contribution in [-0.2, 0) is 9.59 Å². The van der Waals surface area contributed by atoms with Gasteiger partial charge in [-0.2, -0.15) is 0 Å². The Morgan fingerprint density at radius 2 is 1.81 bits per heavy atom. The van der Waals surface area contributed by atoms with Crippen LogP contribution >= 0.6 is 0 Å². The lowest BCUT2D eigenvalue weighted by atomic mass is 9.95. The number of amides is 3. The molecule has 7 nitrogen and oxygen atoms in total. The van der Waals surface area contributed by atoms with Crippen LogP contribution in [0.25, 0.3) is 0 Å². The van der Waals surface area contributed by atoms with Crippen molar-refractivity contribution in [2.75, 3.05) is 32.7 Å². The highest BCUT2D eigenvalue weighted by atomic mass is 16.3. The first-order chi connectivity index (χ1) is 12.4. The zero-order valence-electron chi connectivity index (χ0n) is 16.1. The smallest absolute Gasteiger partial charge is 0.255 e. The van der Waals surface area contributed by atoms with Crippen molar-refractivity contribution in [1.82, 2.24) is 15.1 Å². The number of nitrogens with zero attached hydrogens (tertiary/aromatic N) is 2. The second-order valence-corrected chi connectivity index (χ2v) is 6.68. The molecule has 0 unspecified atom stereocenters. The van der Waals surface area contributed by atoms with E-state index in [1.807, 2.05) is 18.7 Å². The minimum atomic E-state index is -0.306. The Morgan fingerprint density at radius 3 is 2.31 bits per heavy atom. The average Bonchev–Trinajstić information content (AvgIpc) is 2.98. The summed E-state index contributed by atoms with van der Waals surface area (Å²) < 4.78 is 5.34. The van der Waals surface area contributed by atoms with Gasteiger partial charge in [0, 0.05) is 32.1 Å². The molecule has 1 aliphatic rings. The third-order valence-corrected chi connectivity index (χ3v) is 4.96. The number of likely N-dealkylation sites (tertiary alicyclic amines) is 1. The van der Waals surface area contributed by atoms with Crippen LogP contribution < -0.4 is 5.32 Å². The van der Waals surface area contributed by atoms with Crippen molar-refractivity contribution in [2.45, 2.75) is 40.5 Å². The highest BCUT2D eigenvalue weighted by molar-refractivity contribution is 5.97. The number of piperidine rings is 1. The molecule has 2 heterocycles. The van der Waals surface area contributed by atoms with Crippen molar-refractivity contribution in [2.24, 2.45) is 5.92 Å². The molecule has 1 N–H and O–H groups in total. The topological polar surface area (TPSA) is 82.9 Å². The fraction of sp³-hybridized carbons (Fsp3) is 0.632. The van der Waals surface area contributed by atoms with Crippen molar-refractivity contribution in [3.05, 3.63) is 23.2 Å². The summed E-state index contributed by atoms with van der Waals surface area (Å²) in [6, 6.07) is 1.67. The van der Waals surface area contributed by atoms with Gasteiger partial charge in [-0.15, -0.1) is 0 Å². The molecule has 1 saturated heterocycles. The van der Waals surface area contributed by atoms with Crippen molar-refractivity contribution in [3.63, 3.8) is 0 Å². The Hall–Kier alpha value is -2.31. The summed E-state index contributed by atoms with van der Waals surface area (Å²) in [6.45, 7) is 9.95. The average molecular weight is 363 g/mol. The molecule has 2 rings (SSSR count). The van der Waals surface area contributed by atoms with Gasteiger partial charge in [0.2, 0.25) is 11.8 Å². The van der Waals surface area contributed by atoms with E-state index in [2.05, 4.69) is 5.32 Å².